The molecule has 2 aromatic carbocycles. The number of hydrogen-bond acceptors (Lipinski definition) is 5. The van der Waals surface area contributed by atoms with Crippen molar-refractivity contribution in [2.75, 3.05) is 11.1 Å². The third kappa shape index (κ3) is 5.28. The Balaban J connectivity index is 1.36. The second-order valence-electron chi connectivity index (χ2n) is 7.04. The molecule has 2 heterocycles. The highest BCUT2D eigenvalue weighted by Gasteiger charge is 2.11. The van der Waals surface area contributed by atoms with Gasteiger partial charge in [-0.2, -0.15) is 0 Å². The summed E-state index contributed by atoms with van der Waals surface area (Å²) in [4.78, 5) is 29.1. The Morgan fingerprint density at radius 2 is 1.88 bits per heavy atom. The molecule has 0 bridgehead atoms. The summed E-state index contributed by atoms with van der Waals surface area (Å²) in [5.74, 6) is 0.656. The SMILES string of the molecule is Cc1ccccc1NC(=O)CSc1nccn1-c1ccc(C(=O)NCc2ccco2)cc1. The minimum absolute atomic E-state index is 0.0950. The van der Waals surface area contributed by atoms with E-state index in [0.717, 1.165) is 16.9 Å². The molecule has 0 aliphatic carbocycles. The fourth-order valence-corrected chi connectivity index (χ4v) is 3.85. The molecule has 2 N–H and O–H groups in total. The van der Waals surface area contributed by atoms with Crippen molar-refractivity contribution in [2.24, 2.45) is 0 Å². The number of nitrogens with zero attached hydrogens (tertiary/aromatic N) is 2. The summed E-state index contributed by atoms with van der Waals surface area (Å²) >= 11 is 1.35. The highest BCUT2D eigenvalue weighted by molar-refractivity contribution is 7.99. The number of benzene rings is 2. The maximum absolute atomic E-state index is 12.4. The summed E-state index contributed by atoms with van der Waals surface area (Å²) in [7, 11) is 0. The van der Waals surface area contributed by atoms with Crippen molar-refractivity contribution in [1.82, 2.24) is 14.9 Å². The summed E-state index contributed by atoms with van der Waals surface area (Å²) in [6.45, 7) is 2.29. The molecule has 4 rings (SSSR count). The largest absolute Gasteiger partial charge is 0.467 e. The maximum atomic E-state index is 12.4. The number of furan rings is 1. The fourth-order valence-electron chi connectivity index (χ4n) is 3.08. The van der Waals surface area contributed by atoms with Crippen molar-refractivity contribution in [1.29, 1.82) is 0 Å². The van der Waals surface area contributed by atoms with Crippen LogP contribution in [0.15, 0.2) is 88.9 Å². The summed E-state index contributed by atoms with van der Waals surface area (Å²) in [5, 5.41) is 6.44. The lowest BCUT2D eigenvalue weighted by Gasteiger charge is -2.10. The first kappa shape index (κ1) is 21.5. The first-order chi connectivity index (χ1) is 15.6. The van der Waals surface area contributed by atoms with Gasteiger partial charge in [0.15, 0.2) is 5.16 Å². The maximum Gasteiger partial charge on any atom is 0.251 e. The van der Waals surface area contributed by atoms with Crippen molar-refractivity contribution in [3.63, 3.8) is 0 Å². The van der Waals surface area contributed by atoms with Crippen LogP contribution in [0.4, 0.5) is 5.69 Å². The van der Waals surface area contributed by atoms with E-state index < -0.39 is 0 Å². The van der Waals surface area contributed by atoms with Gasteiger partial charge in [-0.25, -0.2) is 4.98 Å². The van der Waals surface area contributed by atoms with E-state index in [1.807, 2.05) is 60.2 Å². The number of para-hydroxylation sites is 1. The molecule has 0 aliphatic heterocycles. The first-order valence-electron chi connectivity index (χ1n) is 10.0. The first-order valence-corrected chi connectivity index (χ1v) is 11.0. The van der Waals surface area contributed by atoms with E-state index in [-0.39, 0.29) is 17.6 Å². The highest BCUT2D eigenvalue weighted by atomic mass is 32.2. The predicted molar refractivity (Wildman–Crippen MR) is 124 cm³/mol. The van der Waals surface area contributed by atoms with Gasteiger partial charge in [0.05, 0.1) is 18.6 Å². The molecule has 32 heavy (non-hydrogen) atoms. The highest BCUT2D eigenvalue weighted by Crippen LogP contribution is 2.22. The predicted octanol–water partition coefficient (Wildman–Crippen LogP) is 4.43. The number of carbonyl (C=O) groups is 2. The van der Waals surface area contributed by atoms with Crippen molar-refractivity contribution >= 4 is 29.3 Å². The van der Waals surface area contributed by atoms with Gasteiger partial charge in [0.25, 0.3) is 5.91 Å². The van der Waals surface area contributed by atoms with Crippen LogP contribution in [-0.4, -0.2) is 27.1 Å². The van der Waals surface area contributed by atoms with Crippen molar-refractivity contribution in [3.05, 3.63) is 96.2 Å². The third-order valence-corrected chi connectivity index (χ3v) is 5.74. The average molecular weight is 447 g/mol. The number of imidazole rings is 1. The van der Waals surface area contributed by atoms with E-state index in [2.05, 4.69) is 15.6 Å². The lowest BCUT2D eigenvalue weighted by atomic mass is 10.2. The second kappa shape index (κ2) is 10.0. The van der Waals surface area contributed by atoms with Gasteiger partial charge in [-0.05, 0) is 55.0 Å². The number of amides is 2. The molecule has 7 nitrogen and oxygen atoms in total. The van der Waals surface area contributed by atoms with Gasteiger partial charge in [-0.3, -0.25) is 14.2 Å². The van der Waals surface area contributed by atoms with Gasteiger partial charge in [-0.15, -0.1) is 0 Å². The number of aromatic nitrogens is 2. The summed E-state index contributed by atoms with van der Waals surface area (Å²) in [6.07, 6.45) is 5.09. The monoisotopic (exact) mass is 446 g/mol. The van der Waals surface area contributed by atoms with E-state index >= 15 is 0 Å². The van der Waals surface area contributed by atoms with E-state index in [1.165, 1.54) is 11.8 Å². The lowest BCUT2D eigenvalue weighted by Crippen LogP contribution is -2.22. The Morgan fingerprint density at radius 3 is 2.62 bits per heavy atom. The number of rotatable bonds is 8. The Morgan fingerprint density at radius 1 is 1.06 bits per heavy atom. The number of carbonyl (C=O) groups excluding carboxylic acids is 2. The molecule has 0 aliphatic rings. The van der Waals surface area contributed by atoms with Crippen LogP contribution in [0, 0.1) is 6.92 Å². The standard InChI is InChI=1S/C24H22N4O3S/c1-17-5-2-3-7-21(17)27-22(29)16-32-24-25-12-13-28(24)19-10-8-18(9-11-19)23(30)26-15-20-6-4-14-31-20/h2-14H,15-16H2,1H3,(H,26,30)(H,27,29). The summed E-state index contributed by atoms with van der Waals surface area (Å²) < 4.78 is 7.11. The number of aryl methyl sites for hydroxylation is 1. The minimum atomic E-state index is -0.180. The Hall–Kier alpha value is -3.78. The third-order valence-electron chi connectivity index (χ3n) is 4.77. The van der Waals surface area contributed by atoms with Crippen molar-refractivity contribution in [3.8, 4) is 5.69 Å². The van der Waals surface area contributed by atoms with Gasteiger partial charge in [0, 0.05) is 29.3 Å². The number of thioether (sulfide) groups is 1. The Labute approximate surface area is 189 Å². The normalized spacial score (nSPS) is 10.7. The number of hydrogen-bond donors (Lipinski definition) is 2. The molecule has 2 aromatic heterocycles. The van der Waals surface area contributed by atoms with Crippen LogP contribution in [0.2, 0.25) is 0 Å². The van der Waals surface area contributed by atoms with Gasteiger partial charge < -0.3 is 15.1 Å². The molecule has 0 saturated carbocycles. The van der Waals surface area contributed by atoms with Gasteiger partial charge in [0.1, 0.15) is 5.76 Å². The molecule has 0 spiro atoms. The molecule has 0 unspecified atom stereocenters. The average Bonchev–Trinajstić information content (AvgIpc) is 3.50. The van der Waals surface area contributed by atoms with Crippen molar-refractivity contribution in [2.45, 2.75) is 18.6 Å². The van der Waals surface area contributed by atoms with Crippen LogP contribution in [0.25, 0.3) is 5.69 Å². The molecule has 2 amide bonds. The molecule has 162 valence electrons. The second-order valence-corrected chi connectivity index (χ2v) is 7.98. The zero-order valence-corrected chi connectivity index (χ0v) is 18.3. The van der Waals surface area contributed by atoms with E-state index in [1.54, 1.807) is 30.7 Å². The quantitative estimate of drug-likeness (QED) is 0.391. The van der Waals surface area contributed by atoms with Crippen LogP contribution in [0.5, 0.6) is 0 Å². The fraction of sp³-hybridized carbons (Fsp3) is 0.125. The Bertz CT molecular complexity index is 1200. The van der Waals surface area contributed by atoms with Gasteiger partial charge in [-0.1, -0.05) is 30.0 Å². The van der Waals surface area contributed by atoms with E-state index in [9.17, 15) is 9.59 Å². The molecule has 0 fully saturated rings. The molecular weight excluding hydrogens is 424 g/mol. The summed E-state index contributed by atoms with van der Waals surface area (Å²) in [5.41, 5.74) is 3.22. The van der Waals surface area contributed by atoms with Crippen LogP contribution < -0.4 is 10.6 Å². The zero-order valence-electron chi connectivity index (χ0n) is 17.4. The van der Waals surface area contributed by atoms with Gasteiger partial charge in [0.2, 0.25) is 5.91 Å². The molecule has 0 atom stereocenters. The topological polar surface area (TPSA) is 89.2 Å². The summed E-state index contributed by atoms with van der Waals surface area (Å²) in [6, 6.07) is 18.5. The zero-order chi connectivity index (χ0) is 22.3. The van der Waals surface area contributed by atoms with Crippen LogP contribution in [-0.2, 0) is 11.3 Å². The number of nitrogens with one attached hydrogen (secondary N) is 2. The van der Waals surface area contributed by atoms with Crippen LogP contribution in [0.3, 0.4) is 0 Å². The molecule has 0 saturated heterocycles. The van der Waals surface area contributed by atoms with Gasteiger partial charge >= 0.3 is 0 Å². The van der Waals surface area contributed by atoms with Crippen LogP contribution >= 0.6 is 11.8 Å². The molecule has 0 radical (unpaired) electrons. The van der Waals surface area contributed by atoms with E-state index in [4.69, 9.17) is 4.42 Å². The smallest absolute Gasteiger partial charge is 0.251 e. The van der Waals surface area contributed by atoms with E-state index in [0.29, 0.717) is 23.0 Å². The minimum Gasteiger partial charge on any atom is -0.467 e. The molecule has 8 heteroatoms. The molecular formula is C24H22N4O3S. The lowest BCUT2D eigenvalue weighted by molar-refractivity contribution is -0.113. The van der Waals surface area contributed by atoms with Crippen LogP contribution in [0.1, 0.15) is 21.7 Å². The van der Waals surface area contributed by atoms with Crippen molar-refractivity contribution < 1.29 is 14.0 Å². The number of anilines is 1. The Kier molecular flexibility index (Phi) is 6.72. The molecule has 4 aromatic rings.